The van der Waals surface area contributed by atoms with Crippen molar-refractivity contribution in [2.45, 2.75) is 56.9 Å². The van der Waals surface area contributed by atoms with Crippen LogP contribution in [0, 0.1) is 5.92 Å². The highest BCUT2D eigenvalue weighted by Crippen LogP contribution is 2.30. The first-order valence-electron chi connectivity index (χ1n) is 8.70. The Morgan fingerprint density at radius 1 is 1.36 bits per heavy atom. The minimum absolute atomic E-state index is 0.220. The zero-order chi connectivity index (χ0) is 21.2. The summed E-state index contributed by atoms with van der Waals surface area (Å²) in [7, 11) is 0. The molecule has 1 amide bonds. The van der Waals surface area contributed by atoms with Crippen LogP contribution in [0.1, 0.15) is 26.5 Å². The molecule has 1 aliphatic rings. The van der Waals surface area contributed by atoms with Crippen LogP contribution in [0.3, 0.4) is 0 Å². The molecule has 0 aliphatic carbocycles. The summed E-state index contributed by atoms with van der Waals surface area (Å²) in [5.74, 6) is -2.49. The third-order valence-corrected chi connectivity index (χ3v) is 4.85. The number of nitrogens with one attached hydrogen (secondary N) is 2. The monoisotopic (exact) mass is 400 g/mol. The highest BCUT2D eigenvalue weighted by Gasteiger charge is 2.50. The van der Waals surface area contributed by atoms with Crippen molar-refractivity contribution in [3.8, 4) is 0 Å². The second-order valence-corrected chi connectivity index (χ2v) is 6.73. The summed E-state index contributed by atoms with van der Waals surface area (Å²) in [4.78, 5) is 48.9. The number of carboxylic acid groups (broad SMARTS) is 1. The van der Waals surface area contributed by atoms with E-state index in [0.717, 1.165) is 16.8 Å². The van der Waals surface area contributed by atoms with Crippen LogP contribution in [0.5, 0.6) is 0 Å². The number of aliphatic hydroxyl groups excluding tert-OH is 2. The number of H-pyrrole nitrogens is 1. The highest BCUT2D eigenvalue weighted by molar-refractivity contribution is 5.87. The smallest absolute Gasteiger partial charge is 0.330 e. The summed E-state index contributed by atoms with van der Waals surface area (Å²) in [5, 5.41) is 32.2. The number of aromatic nitrogens is 2. The molecule has 12 heteroatoms. The van der Waals surface area contributed by atoms with Crippen LogP contribution in [0.25, 0.3) is 0 Å². The number of hydrogen-bond acceptors (Lipinski definition) is 8. The minimum Gasteiger partial charge on any atom is -0.480 e. The summed E-state index contributed by atoms with van der Waals surface area (Å²) in [6, 6.07) is -1.71. The Morgan fingerprint density at radius 3 is 2.54 bits per heavy atom. The van der Waals surface area contributed by atoms with E-state index in [4.69, 9.17) is 10.5 Å². The van der Waals surface area contributed by atoms with E-state index in [9.17, 15) is 34.5 Å². The molecule has 0 radical (unpaired) electrons. The molecule has 0 bridgehead atoms. The maximum Gasteiger partial charge on any atom is 0.330 e. The Balaban J connectivity index is 2.25. The summed E-state index contributed by atoms with van der Waals surface area (Å²) in [6.45, 7) is 3.54. The van der Waals surface area contributed by atoms with Crippen molar-refractivity contribution in [3.63, 3.8) is 0 Å². The maximum atomic E-state index is 12.3. The number of nitrogens with zero attached hydrogens (tertiary/aromatic N) is 1. The predicted molar refractivity (Wildman–Crippen MR) is 94.2 cm³/mol. The van der Waals surface area contributed by atoms with Crippen molar-refractivity contribution < 1.29 is 29.6 Å². The van der Waals surface area contributed by atoms with Gasteiger partial charge in [-0.05, 0) is 5.92 Å². The van der Waals surface area contributed by atoms with Crippen molar-refractivity contribution in [3.05, 3.63) is 33.1 Å². The normalized spacial score (nSPS) is 27.8. The van der Waals surface area contributed by atoms with Crippen LogP contribution < -0.4 is 22.3 Å². The van der Waals surface area contributed by atoms with Gasteiger partial charge in [-0.25, -0.2) is 9.59 Å². The van der Waals surface area contributed by atoms with Gasteiger partial charge in [-0.2, -0.15) is 0 Å². The quantitative estimate of drug-likeness (QED) is 0.278. The molecule has 1 aromatic rings. The van der Waals surface area contributed by atoms with Gasteiger partial charge in [-0.1, -0.05) is 20.3 Å². The lowest BCUT2D eigenvalue weighted by molar-refractivity contribution is -0.149. The van der Waals surface area contributed by atoms with Crippen molar-refractivity contribution >= 4 is 11.9 Å². The van der Waals surface area contributed by atoms with Gasteiger partial charge in [-0.3, -0.25) is 19.1 Å². The molecule has 2 rings (SSSR count). The molecule has 7 atom stereocenters. The van der Waals surface area contributed by atoms with Crippen LogP contribution in [-0.4, -0.2) is 67.1 Å². The van der Waals surface area contributed by atoms with E-state index in [-0.39, 0.29) is 5.92 Å². The number of hydrogen-bond donors (Lipinski definition) is 6. The standard InChI is InChI=1S/C16H24N4O8/c1-3-6(2)8(17)13(24)19-9(15(25)26)12-10(22)11(23)14(28-12)20-5-4-7(21)18-16(20)27/h4-6,8-12,14,22-23H,3,17H2,1-2H3,(H,19,24)(H,25,26)(H,18,21,27)/t6-,8?,9+,10+,11-,12-,14-/m1/s1. The van der Waals surface area contributed by atoms with E-state index in [1.807, 2.05) is 11.9 Å². The van der Waals surface area contributed by atoms with E-state index < -0.39 is 59.7 Å². The predicted octanol–water partition coefficient (Wildman–Crippen LogP) is -2.90. The number of aromatic amines is 1. The largest absolute Gasteiger partial charge is 0.480 e. The second kappa shape index (κ2) is 8.65. The van der Waals surface area contributed by atoms with E-state index in [2.05, 4.69) is 5.32 Å². The van der Waals surface area contributed by atoms with Gasteiger partial charge in [0, 0.05) is 12.3 Å². The molecule has 28 heavy (non-hydrogen) atoms. The number of nitrogens with two attached hydrogens (primary N) is 1. The Hall–Kier alpha value is -2.54. The molecular weight excluding hydrogens is 376 g/mol. The fourth-order valence-electron chi connectivity index (χ4n) is 2.86. The van der Waals surface area contributed by atoms with Gasteiger partial charge in [0.05, 0.1) is 6.04 Å². The zero-order valence-electron chi connectivity index (χ0n) is 15.3. The third kappa shape index (κ3) is 4.30. The number of rotatable bonds is 7. The number of amides is 1. The Bertz CT molecular complexity index is 836. The van der Waals surface area contributed by atoms with Crippen molar-refractivity contribution in [2.24, 2.45) is 11.7 Å². The molecule has 1 saturated heterocycles. The average Bonchev–Trinajstić information content (AvgIpc) is 2.93. The van der Waals surface area contributed by atoms with E-state index in [1.54, 1.807) is 6.92 Å². The molecule has 12 nitrogen and oxygen atoms in total. The van der Waals surface area contributed by atoms with Gasteiger partial charge in [0.25, 0.3) is 5.56 Å². The molecule has 0 spiro atoms. The molecule has 2 heterocycles. The van der Waals surface area contributed by atoms with Crippen LogP contribution >= 0.6 is 0 Å². The zero-order valence-corrected chi connectivity index (χ0v) is 15.3. The highest BCUT2D eigenvalue weighted by atomic mass is 16.6. The first kappa shape index (κ1) is 21.8. The Kier molecular flexibility index (Phi) is 6.72. The van der Waals surface area contributed by atoms with Crippen LogP contribution in [0.15, 0.2) is 21.9 Å². The van der Waals surface area contributed by atoms with E-state index in [0.29, 0.717) is 6.42 Å². The molecule has 156 valence electrons. The number of ether oxygens (including phenoxy) is 1. The molecule has 0 saturated carbocycles. The lowest BCUT2D eigenvalue weighted by atomic mass is 9.98. The third-order valence-electron chi connectivity index (χ3n) is 4.85. The van der Waals surface area contributed by atoms with Crippen LogP contribution in [0.4, 0.5) is 0 Å². The molecule has 1 unspecified atom stereocenters. The average molecular weight is 400 g/mol. The van der Waals surface area contributed by atoms with Crippen LogP contribution in [-0.2, 0) is 14.3 Å². The molecular formula is C16H24N4O8. The first-order chi connectivity index (χ1) is 13.1. The van der Waals surface area contributed by atoms with Gasteiger partial charge in [-0.15, -0.1) is 0 Å². The van der Waals surface area contributed by atoms with Crippen molar-refractivity contribution in [1.82, 2.24) is 14.9 Å². The van der Waals surface area contributed by atoms with Crippen molar-refractivity contribution in [2.75, 3.05) is 0 Å². The van der Waals surface area contributed by atoms with E-state index >= 15 is 0 Å². The summed E-state index contributed by atoms with van der Waals surface area (Å²) < 4.78 is 6.19. The molecule has 1 aliphatic heterocycles. The summed E-state index contributed by atoms with van der Waals surface area (Å²) >= 11 is 0. The Labute approximate surface area is 158 Å². The number of carboxylic acids is 1. The molecule has 0 aromatic carbocycles. The lowest BCUT2D eigenvalue weighted by Gasteiger charge is -2.26. The van der Waals surface area contributed by atoms with Crippen LogP contribution in [0.2, 0.25) is 0 Å². The molecule has 1 fully saturated rings. The topological polar surface area (TPSA) is 197 Å². The number of carbonyl (C=O) groups excluding carboxylic acids is 1. The SMILES string of the molecule is CC[C@@H](C)C(N)C(=O)N[C@H](C(=O)O)[C@H]1O[C@@H](n2ccc(=O)[nH]c2=O)[C@H](O)[C@@H]1O. The van der Waals surface area contributed by atoms with Gasteiger partial charge >= 0.3 is 11.7 Å². The second-order valence-electron chi connectivity index (χ2n) is 6.73. The minimum atomic E-state index is -1.73. The first-order valence-corrected chi connectivity index (χ1v) is 8.70. The fourth-order valence-corrected chi connectivity index (χ4v) is 2.86. The lowest BCUT2D eigenvalue weighted by Crippen LogP contribution is -2.57. The van der Waals surface area contributed by atoms with E-state index in [1.165, 1.54) is 0 Å². The number of aliphatic carboxylic acids is 1. The van der Waals surface area contributed by atoms with Crippen molar-refractivity contribution in [1.29, 1.82) is 0 Å². The molecule has 1 aromatic heterocycles. The van der Waals surface area contributed by atoms with Gasteiger partial charge in [0.15, 0.2) is 12.3 Å². The maximum absolute atomic E-state index is 12.3. The van der Waals surface area contributed by atoms with Gasteiger partial charge < -0.3 is 31.1 Å². The number of carbonyl (C=O) groups is 2. The number of aliphatic hydroxyl groups is 2. The van der Waals surface area contributed by atoms with Gasteiger partial charge in [0.1, 0.15) is 18.3 Å². The summed E-state index contributed by atoms with van der Waals surface area (Å²) in [6.07, 6.45) is -4.82. The molecule has 7 N–H and O–H groups in total. The van der Waals surface area contributed by atoms with Gasteiger partial charge in [0.2, 0.25) is 5.91 Å². The fraction of sp³-hybridized carbons (Fsp3) is 0.625. The Morgan fingerprint density at radius 2 is 2.00 bits per heavy atom. The summed E-state index contributed by atoms with van der Waals surface area (Å²) in [5.41, 5.74) is 4.20.